The van der Waals surface area contributed by atoms with Gasteiger partial charge in [-0.3, -0.25) is 16.0 Å². The molecule has 5 heteroatoms. The number of nitrogens with two attached hydrogens (primary N) is 1. The Balaban J connectivity index is 2.29. The average Bonchev–Trinajstić information content (AvgIpc) is 3.04. The van der Waals surface area contributed by atoms with E-state index in [-0.39, 0.29) is 6.04 Å². The Hall–Kier alpha value is -1.07. The quantitative estimate of drug-likeness (QED) is 0.563. The maximum absolute atomic E-state index is 5.65. The maximum atomic E-state index is 5.65. The first kappa shape index (κ1) is 11.4. The van der Waals surface area contributed by atoms with Crippen molar-refractivity contribution in [2.45, 2.75) is 38.8 Å². The van der Waals surface area contributed by atoms with E-state index in [1.807, 2.05) is 4.68 Å². The molecule has 1 saturated carbocycles. The predicted molar refractivity (Wildman–Crippen MR) is 61.9 cm³/mol. The van der Waals surface area contributed by atoms with Crippen molar-refractivity contribution >= 4 is 0 Å². The van der Waals surface area contributed by atoms with Gasteiger partial charge in [0, 0.05) is 6.54 Å². The van der Waals surface area contributed by atoms with E-state index >= 15 is 0 Å². The minimum atomic E-state index is 0.170. The van der Waals surface area contributed by atoms with Crippen LogP contribution in [0.5, 0.6) is 5.75 Å². The van der Waals surface area contributed by atoms with E-state index in [9.17, 15) is 0 Å². The summed E-state index contributed by atoms with van der Waals surface area (Å²) in [4.78, 5) is 0. The second-order valence-corrected chi connectivity index (χ2v) is 4.30. The largest absolute Gasteiger partial charge is 0.493 e. The normalized spacial score (nSPS) is 17.4. The number of aryl methyl sites for hydroxylation is 1. The van der Waals surface area contributed by atoms with Crippen molar-refractivity contribution in [3.8, 4) is 5.75 Å². The van der Waals surface area contributed by atoms with Crippen molar-refractivity contribution in [1.82, 2.24) is 15.2 Å². The van der Waals surface area contributed by atoms with Crippen LogP contribution in [0, 0.1) is 5.92 Å². The molecular formula is C11H20N4O. The Morgan fingerprint density at radius 1 is 1.69 bits per heavy atom. The van der Waals surface area contributed by atoms with Gasteiger partial charge in [0.15, 0.2) is 5.75 Å². The molecule has 0 amide bonds. The summed E-state index contributed by atoms with van der Waals surface area (Å²) in [6, 6.07) is 0.170. The highest BCUT2D eigenvalue weighted by Gasteiger charge is 2.35. The minimum Gasteiger partial charge on any atom is -0.493 e. The number of nitrogens with zero attached hydrogens (tertiary/aromatic N) is 2. The van der Waals surface area contributed by atoms with E-state index in [4.69, 9.17) is 10.6 Å². The second kappa shape index (κ2) is 4.84. The van der Waals surface area contributed by atoms with Gasteiger partial charge in [0.25, 0.3) is 0 Å². The highest BCUT2D eigenvalue weighted by atomic mass is 16.5. The summed E-state index contributed by atoms with van der Waals surface area (Å²) in [7, 11) is 1.68. The number of nitrogens with one attached hydrogen (secondary N) is 1. The second-order valence-electron chi connectivity index (χ2n) is 4.30. The van der Waals surface area contributed by atoms with Gasteiger partial charge in [0.1, 0.15) is 0 Å². The number of hydrogen-bond acceptors (Lipinski definition) is 4. The molecule has 1 aliphatic carbocycles. The van der Waals surface area contributed by atoms with E-state index in [1.165, 1.54) is 12.8 Å². The smallest absolute Gasteiger partial charge is 0.161 e. The Labute approximate surface area is 95.9 Å². The van der Waals surface area contributed by atoms with Crippen LogP contribution in [0.3, 0.4) is 0 Å². The molecule has 0 radical (unpaired) electrons. The van der Waals surface area contributed by atoms with Gasteiger partial charge in [-0.2, -0.15) is 5.10 Å². The molecule has 0 bridgehead atoms. The number of aromatic nitrogens is 2. The first-order valence-electron chi connectivity index (χ1n) is 5.87. The fourth-order valence-electron chi connectivity index (χ4n) is 2.11. The van der Waals surface area contributed by atoms with Crippen LogP contribution in [-0.2, 0) is 6.54 Å². The van der Waals surface area contributed by atoms with Crippen LogP contribution in [0.25, 0.3) is 0 Å². The zero-order valence-corrected chi connectivity index (χ0v) is 9.94. The van der Waals surface area contributed by atoms with Crippen molar-refractivity contribution < 1.29 is 4.74 Å². The van der Waals surface area contributed by atoms with Crippen molar-refractivity contribution in [2.75, 3.05) is 7.11 Å². The molecule has 5 nitrogen and oxygen atoms in total. The Kier molecular flexibility index (Phi) is 3.46. The lowest BCUT2D eigenvalue weighted by Gasteiger charge is -2.18. The van der Waals surface area contributed by atoms with Gasteiger partial charge in [0.05, 0.1) is 25.0 Å². The maximum Gasteiger partial charge on any atom is 0.161 e. The summed E-state index contributed by atoms with van der Waals surface area (Å²) in [5.41, 5.74) is 3.99. The zero-order valence-electron chi connectivity index (χ0n) is 9.94. The first-order chi connectivity index (χ1) is 7.81. The molecule has 1 aromatic heterocycles. The third-order valence-electron chi connectivity index (χ3n) is 3.07. The van der Waals surface area contributed by atoms with E-state index in [0.29, 0.717) is 5.92 Å². The van der Waals surface area contributed by atoms with Gasteiger partial charge < -0.3 is 4.74 Å². The van der Waals surface area contributed by atoms with Crippen molar-refractivity contribution in [2.24, 2.45) is 11.8 Å². The molecule has 0 aliphatic heterocycles. The van der Waals surface area contributed by atoms with E-state index < -0.39 is 0 Å². The Morgan fingerprint density at radius 2 is 2.44 bits per heavy atom. The van der Waals surface area contributed by atoms with Gasteiger partial charge in [0.2, 0.25) is 0 Å². The van der Waals surface area contributed by atoms with Crippen molar-refractivity contribution in [1.29, 1.82) is 0 Å². The molecule has 2 rings (SSSR count). The van der Waals surface area contributed by atoms with Crippen LogP contribution in [0.1, 0.15) is 37.9 Å². The summed E-state index contributed by atoms with van der Waals surface area (Å²) >= 11 is 0. The van der Waals surface area contributed by atoms with Gasteiger partial charge in [-0.15, -0.1) is 0 Å². The molecule has 1 atom stereocenters. The van der Waals surface area contributed by atoms with Crippen LogP contribution in [0.2, 0.25) is 0 Å². The minimum absolute atomic E-state index is 0.170. The fourth-order valence-corrected chi connectivity index (χ4v) is 2.11. The molecule has 1 fully saturated rings. The average molecular weight is 224 g/mol. The van der Waals surface area contributed by atoms with Gasteiger partial charge >= 0.3 is 0 Å². The summed E-state index contributed by atoms with van der Waals surface area (Å²) in [5, 5.41) is 4.35. The van der Waals surface area contributed by atoms with Gasteiger partial charge in [-0.25, -0.2) is 0 Å². The topological polar surface area (TPSA) is 65.1 Å². The summed E-state index contributed by atoms with van der Waals surface area (Å²) in [6.45, 7) is 3.05. The van der Waals surface area contributed by atoms with E-state index in [1.54, 1.807) is 13.3 Å². The molecule has 16 heavy (non-hydrogen) atoms. The molecule has 0 spiro atoms. The number of ether oxygens (including phenoxy) is 1. The van der Waals surface area contributed by atoms with E-state index in [2.05, 4.69) is 17.4 Å². The standard InChI is InChI=1S/C11H20N4O/c1-3-6-15-11(9(16-2)7-13-15)10(14-12)8-4-5-8/h7-8,10,14H,3-6,12H2,1-2H3. The van der Waals surface area contributed by atoms with Crippen LogP contribution in [0.4, 0.5) is 0 Å². The molecule has 0 aromatic carbocycles. The number of methoxy groups -OCH3 is 1. The highest BCUT2D eigenvalue weighted by Crippen LogP contribution is 2.43. The SMILES string of the molecule is CCCn1ncc(OC)c1C(NN)C1CC1. The number of hydrogen-bond donors (Lipinski definition) is 2. The van der Waals surface area contributed by atoms with E-state index in [0.717, 1.165) is 24.4 Å². The zero-order chi connectivity index (χ0) is 11.5. The lowest BCUT2D eigenvalue weighted by Crippen LogP contribution is -2.31. The lowest BCUT2D eigenvalue weighted by atomic mass is 10.1. The van der Waals surface area contributed by atoms with Gasteiger partial charge in [-0.05, 0) is 25.2 Å². The van der Waals surface area contributed by atoms with Crippen molar-refractivity contribution in [3.05, 3.63) is 11.9 Å². The highest BCUT2D eigenvalue weighted by molar-refractivity contribution is 5.29. The molecule has 1 unspecified atom stereocenters. The first-order valence-corrected chi connectivity index (χ1v) is 5.87. The third-order valence-corrected chi connectivity index (χ3v) is 3.07. The molecule has 1 aliphatic rings. The lowest BCUT2D eigenvalue weighted by molar-refractivity contribution is 0.379. The molecule has 0 saturated heterocycles. The van der Waals surface area contributed by atoms with Crippen LogP contribution in [-0.4, -0.2) is 16.9 Å². The number of rotatable bonds is 6. The van der Waals surface area contributed by atoms with Crippen molar-refractivity contribution in [3.63, 3.8) is 0 Å². The number of hydrazine groups is 1. The molecule has 90 valence electrons. The monoisotopic (exact) mass is 224 g/mol. The predicted octanol–water partition coefficient (Wildman–Crippen LogP) is 1.22. The molecular weight excluding hydrogens is 204 g/mol. The molecule has 1 heterocycles. The Morgan fingerprint density at radius 3 is 2.94 bits per heavy atom. The Bertz CT molecular complexity index is 346. The van der Waals surface area contributed by atoms with Gasteiger partial charge in [-0.1, -0.05) is 6.92 Å². The van der Waals surface area contributed by atoms with Crippen LogP contribution in [0.15, 0.2) is 6.20 Å². The third kappa shape index (κ3) is 2.05. The molecule has 1 aromatic rings. The molecule has 3 N–H and O–H groups in total. The van der Waals surface area contributed by atoms with Crippen LogP contribution >= 0.6 is 0 Å². The summed E-state index contributed by atoms with van der Waals surface area (Å²) in [6.07, 6.45) is 5.29. The summed E-state index contributed by atoms with van der Waals surface area (Å²) in [5.74, 6) is 7.11. The fraction of sp³-hybridized carbons (Fsp3) is 0.727. The summed E-state index contributed by atoms with van der Waals surface area (Å²) < 4.78 is 7.36. The van der Waals surface area contributed by atoms with Crippen LogP contribution < -0.4 is 16.0 Å².